The highest BCUT2D eigenvalue weighted by atomic mass is 35.5. The maximum Gasteiger partial charge on any atom is 0.239 e. The van der Waals surface area contributed by atoms with Gasteiger partial charge in [-0.25, -0.2) is 0 Å². The number of anilines is 1. The topological polar surface area (TPSA) is 58.2 Å². The number of carbonyl (C=O) groups is 2. The van der Waals surface area contributed by atoms with Gasteiger partial charge < -0.3 is 10.6 Å². The largest absolute Gasteiger partial charge is 0.351 e. The molecule has 2 aromatic carbocycles. The molecule has 0 aliphatic carbocycles. The number of halogens is 2. The van der Waals surface area contributed by atoms with E-state index in [2.05, 4.69) is 10.6 Å². The van der Waals surface area contributed by atoms with Crippen LogP contribution in [-0.4, -0.2) is 11.8 Å². The molecule has 2 N–H and O–H groups in total. The van der Waals surface area contributed by atoms with E-state index in [1.165, 1.54) is 0 Å². The molecule has 0 radical (unpaired) electrons. The monoisotopic (exact) mass is 364 g/mol. The molecule has 0 bridgehead atoms. The highest BCUT2D eigenvalue weighted by Gasteiger charge is 2.36. The molecule has 0 aromatic heterocycles. The summed E-state index contributed by atoms with van der Waals surface area (Å²) >= 11 is 11.8. The van der Waals surface area contributed by atoms with Gasteiger partial charge in [-0.3, -0.25) is 9.59 Å². The van der Waals surface area contributed by atoms with E-state index in [0.717, 1.165) is 5.56 Å². The number of amides is 2. The molecule has 24 heavy (non-hydrogen) atoms. The minimum atomic E-state index is -1.25. The average molecular weight is 365 g/mol. The normalized spacial score (nSPS) is 11.0. The summed E-state index contributed by atoms with van der Waals surface area (Å²) in [7, 11) is 0. The lowest BCUT2D eigenvalue weighted by molar-refractivity contribution is -0.138. The van der Waals surface area contributed by atoms with Gasteiger partial charge in [-0.05, 0) is 37.6 Å². The average Bonchev–Trinajstić information content (AvgIpc) is 2.52. The van der Waals surface area contributed by atoms with Crippen molar-refractivity contribution in [3.63, 3.8) is 0 Å². The third-order valence-corrected chi connectivity index (χ3v) is 3.99. The van der Waals surface area contributed by atoms with Gasteiger partial charge in [0.15, 0.2) is 0 Å². The van der Waals surface area contributed by atoms with Crippen LogP contribution >= 0.6 is 23.2 Å². The van der Waals surface area contributed by atoms with Crippen LogP contribution in [0.15, 0.2) is 48.5 Å². The van der Waals surface area contributed by atoms with Crippen molar-refractivity contribution in [2.45, 2.75) is 20.4 Å². The Labute approximate surface area is 151 Å². The fourth-order valence-corrected chi connectivity index (χ4v) is 2.54. The number of hydrogen-bond acceptors (Lipinski definition) is 2. The SMILES string of the molecule is CC(C)(C(=O)NCc1ccccc1)C(=O)Nc1cc(Cl)cc(Cl)c1. The standard InChI is InChI=1S/C18H18Cl2N2O2/c1-18(2,16(23)21-11-12-6-4-3-5-7-12)17(24)22-15-9-13(19)8-14(20)10-15/h3-10H,11H2,1-2H3,(H,21,23)(H,22,24). The minimum absolute atomic E-state index is 0.360. The van der Waals surface area contributed by atoms with Crippen LogP contribution in [0, 0.1) is 5.41 Å². The lowest BCUT2D eigenvalue weighted by atomic mass is 9.90. The molecule has 0 spiro atoms. The zero-order chi connectivity index (χ0) is 17.7. The molecule has 0 unspecified atom stereocenters. The molecule has 2 amide bonds. The van der Waals surface area contributed by atoms with Crippen LogP contribution in [0.5, 0.6) is 0 Å². The molecular weight excluding hydrogens is 347 g/mol. The summed E-state index contributed by atoms with van der Waals surface area (Å²) in [5.74, 6) is -0.802. The summed E-state index contributed by atoms with van der Waals surface area (Å²) in [5, 5.41) is 6.26. The van der Waals surface area contributed by atoms with Crippen molar-refractivity contribution in [1.29, 1.82) is 0 Å². The zero-order valence-corrected chi connectivity index (χ0v) is 14.9. The predicted octanol–water partition coefficient (Wildman–Crippen LogP) is 4.27. The summed E-state index contributed by atoms with van der Waals surface area (Å²) in [6.45, 7) is 3.49. The van der Waals surface area contributed by atoms with Gasteiger partial charge in [-0.15, -0.1) is 0 Å². The molecular formula is C18H18Cl2N2O2. The third-order valence-electron chi connectivity index (χ3n) is 3.55. The van der Waals surface area contributed by atoms with Crippen LogP contribution in [0.1, 0.15) is 19.4 Å². The van der Waals surface area contributed by atoms with Crippen LogP contribution in [0.25, 0.3) is 0 Å². The van der Waals surface area contributed by atoms with Gasteiger partial charge in [0.1, 0.15) is 5.41 Å². The summed E-state index contributed by atoms with van der Waals surface area (Å²) in [6, 6.07) is 14.2. The maximum absolute atomic E-state index is 12.5. The molecule has 0 aliphatic heterocycles. The van der Waals surface area contributed by atoms with Crippen LogP contribution in [0.3, 0.4) is 0 Å². The first-order valence-corrected chi connectivity index (χ1v) is 8.14. The fourth-order valence-electron chi connectivity index (χ4n) is 2.02. The Bertz CT molecular complexity index is 726. The Kier molecular flexibility index (Phi) is 5.86. The summed E-state index contributed by atoms with van der Waals surface area (Å²) in [4.78, 5) is 24.8. The second-order valence-electron chi connectivity index (χ2n) is 5.91. The van der Waals surface area contributed by atoms with Gasteiger partial charge in [0.2, 0.25) is 11.8 Å². The fraction of sp³-hybridized carbons (Fsp3) is 0.222. The number of carbonyl (C=O) groups excluding carboxylic acids is 2. The molecule has 4 nitrogen and oxygen atoms in total. The van der Waals surface area contributed by atoms with Gasteiger partial charge in [-0.2, -0.15) is 0 Å². The minimum Gasteiger partial charge on any atom is -0.351 e. The molecule has 6 heteroatoms. The van der Waals surface area contributed by atoms with Gasteiger partial charge >= 0.3 is 0 Å². The smallest absolute Gasteiger partial charge is 0.239 e. The Balaban J connectivity index is 2.02. The molecule has 2 rings (SSSR count). The quantitative estimate of drug-likeness (QED) is 0.778. The predicted molar refractivity (Wildman–Crippen MR) is 97.2 cm³/mol. The lowest BCUT2D eigenvalue weighted by Gasteiger charge is -2.23. The van der Waals surface area contributed by atoms with Crippen LogP contribution < -0.4 is 10.6 Å². The first kappa shape index (κ1) is 18.3. The van der Waals surface area contributed by atoms with E-state index in [1.807, 2.05) is 30.3 Å². The van der Waals surface area contributed by atoms with Crippen molar-refractivity contribution in [2.24, 2.45) is 5.41 Å². The molecule has 0 aliphatic rings. The van der Waals surface area contributed by atoms with Crippen molar-refractivity contribution < 1.29 is 9.59 Å². The van der Waals surface area contributed by atoms with E-state index in [4.69, 9.17) is 23.2 Å². The summed E-state index contributed by atoms with van der Waals surface area (Å²) < 4.78 is 0. The van der Waals surface area contributed by atoms with E-state index in [-0.39, 0.29) is 5.91 Å². The molecule has 0 saturated carbocycles. The van der Waals surface area contributed by atoms with E-state index in [9.17, 15) is 9.59 Å². The maximum atomic E-state index is 12.5. The van der Waals surface area contributed by atoms with Gasteiger partial charge in [0, 0.05) is 22.3 Å². The van der Waals surface area contributed by atoms with Gasteiger partial charge in [-0.1, -0.05) is 53.5 Å². The Morgan fingerprint density at radius 2 is 1.54 bits per heavy atom. The number of nitrogens with one attached hydrogen (secondary N) is 2. The van der Waals surface area contributed by atoms with E-state index < -0.39 is 11.3 Å². The molecule has 2 aromatic rings. The Morgan fingerprint density at radius 3 is 2.12 bits per heavy atom. The Hall–Kier alpha value is -2.04. The third kappa shape index (κ3) is 4.73. The molecule has 0 saturated heterocycles. The lowest BCUT2D eigenvalue weighted by Crippen LogP contribution is -2.44. The summed E-state index contributed by atoms with van der Waals surface area (Å²) in [5.41, 5.74) is 0.161. The van der Waals surface area contributed by atoms with Crippen molar-refractivity contribution >= 4 is 40.7 Å². The second-order valence-corrected chi connectivity index (χ2v) is 6.78. The summed E-state index contributed by atoms with van der Waals surface area (Å²) in [6.07, 6.45) is 0. The highest BCUT2D eigenvalue weighted by Crippen LogP contribution is 2.25. The molecule has 126 valence electrons. The van der Waals surface area contributed by atoms with E-state index >= 15 is 0 Å². The van der Waals surface area contributed by atoms with Crippen LogP contribution in [0.2, 0.25) is 10.0 Å². The van der Waals surface area contributed by atoms with Crippen LogP contribution in [-0.2, 0) is 16.1 Å². The number of benzene rings is 2. The number of hydrogen-bond donors (Lipinski definition) is 2. The Morgan fingerprint density at radius 1 is 0.958 bits per heavy atom. The molecule has 0 fully saturated rings. The van der Waals surface area contributed by atoms with Crippen molar-refractivity contribution in [3.8, 4) is 0 Å². The van der Waals surface area contributed by atoms with Crippen LogP contribution in [0.4, 0.5) is 5.69 Å². The first-order chi connectivity index (χ1) is 11.3. The van der Waals surface area contributed by atoms with Crippen molar-refractivity contribution in [1.82, 2.24) is 5.32 Å². The van der Waals surface area contributed by atoms with Gasteiger partial charge in [0.05, 0.1) is 0 Å². The van der Waals surface area contributed by atoms with Crippen molar-refractivity contribution in [2.75, 3.05) is 5.32 Å². The number of rotatable bonds is 5. The molecule has 0 atom stereocenters. The molecule has 0 heterocycles. The van der Waals surface area contributed by atoms with Gasteiger partial charge in [0.25, 0.3) is 0 Å². The van der Waals surface area contributed by atoms with E-state index in [1.54, 1.807) is 32.0 Å². The first-order valence-electron chi connectivity index (χ1n) is 7.39. The zero-order valence-electron chi connectivity index (χ0n) is 13.4. The second kappa shape index (κ2) is 7.69. The highest BCUT2D eigenvalue weighted by molar-refractivity contribution is 6.35. The van der Waals surface area contributed by atoms with E-state index in [0.29, 0.717) is 22.3 Å². The van der Waals surface area contributed by atoms with Crippen molar-refractivity contribution in [3.05, 3.63) is 64.1 Å².